The van der Waals surface area contributed by atoms with Gasteiger partial charge < -0.3 is 9.84 Å². The molecule has 0 bridgehead atoms. The molecule has 3 rings (SSSR count). The van der Waals surface area contributed by atoms with E-state index in [1.807, 2.05) is 5.38 Å². The second-order valence-electron chi connectivity index (χ2n) is 6.04. The Kier molecular flexibility index (Phi) is 5.25. The number of benzene rings is 1. The van der Waals surface area contributed by atoms with Crippen molar-refractivity contribution in [2.75, 3.05) is 13.1 Å². The van der Waals surface area contributed by atoms with Crippen molar-refractivity contribution in [1.82, 2.24) is 9.88 Å². The lowest BCUT2D eigenvalue weighted by Gasteiger charge is -2.33. The van der Waals surface area contributed by atoms with E-state index < -0.39 is 0 Å². The van der Waals surface area contributed by atoms with Crippen LogP contribution in [0.3, 0.4) is 0 Å². The zero-order valence-corrected chi connectivity index (χ0v) is 13.9. The first-order chi connectivity index (χ1) is 11.1. The van der Waals surface area contributed by atoms with E-state index in [0.29, 0.717) is 24.8 Å². The summed E-state index contributed by atoms with van der Waals surface area (Å²) in [5.74, 6) is 0.740. The van der Waals surface area contributed by atoms with Gasteiger partial charge in [-0.1, -0.05) is 6.92 Å². The third-order valence-corrected chi connectivity index (χ3v) is 5.03. The van der Waals surface area contributed by atoms with Crippen LogP contribution >= 0.6 is 11.3 Å². The summed E-state index contributed by atoms with van der Waals surface area (Å²) < 4.78 is 18.4. The third kappa shape index (κ3) is 4.50. The van der Waals surface area contributed by atoms with Crippen molar-refractivity contribution >= 4 is 11.3 Å². The van der Waals surface area contributed by atoms with Gasteiger partial charge in [-0.05, 0) is 43.1 Å². The van der Waals surface area contributed by atoms with Crippen LogP contribution in [0.4, 0.5) is 4.39 Å². The number of nitrogens with zero attached hydrogens (tertiary/aromatic N) is 2. The Bertz CT molecular complexity index is 632. The van der Waals surface area contributed by atoms with Gasteiger partial charge in [0.2, 0.25) is 0 Å². The van der Waals surface area contributed by atoms with Crippen LogP contribution in [0.25, 0.3) is 0 Å². The molecule has 2 heterocycles. The monoisotopic (exact) mass is 336 g/mol. The van der Waals surface area contributed by atoms with Crippen molar-refractivity contribution in [2.45, 2.75) is 32.6 Å². The van der Waals surface area contributed by atoms with Crippen LogP contribution in [0, 0.1) is 11.7 Å². The number of aliphatic hydroxyl groups is 1. The number of thiazole rings is 1. The van der Waals surface area contributed by atoms with Gasteiger partial charge in [0, 0.05) is 18.5 Å². The Hall–Kier alpha value is -1.50. The third-order valence-electron chi connectivity index (χ3n) is 4.16. The molecule has 2 atom stereocenters. The number of halogens is 1. The predicted molar refractivity (Wildman–Crippen MR) is 87.9 cm³/mol. The van der Waals surface area contributed by atoms with Crippen molar-refractivity contribution in [2.24, 2.45) is 5.92 Å². The van der Waals surface area contributed by atoms with Crippen LogP contribution in [0.5, 0.6) is 5.75 Å². The van der Waals surface area contributed by atoms with Crippen molar-refractivity contribution in [3.8, 4) is 5.75 Å². The number of aliphatic hydroxyl groups excluding tert-OH is 1. The number of ether oxygens (including phenoxy) is 1. The zero-order valence-electron chi connectivity index (χ0n) is 13.1. The SMILES string of the molecule is CC1CCN(Cc2csc(COc3ccc(F)cc3)n2)CC1O. The molecule has 23 heavy (non-hydrogen) atoms. The smallest absolute Gasteiger partial charge is 0.140 e. The first kappa shape index (κ1) is 16.4. The molecule has 1 saturated heterocycles. The van der Waals surface area contributed by atoms with E-state index in [-0.39, 0.29) is 11.9 Å². The van der Waals surface area contributed by atoms with E-state index in [9.17, 15) is 9.50 Å². The molecule has 4 nitrogen and oxygen atoms in total. The molecule has 2 aromatic rings. The largest absolute Gasteiger partial charge is 0.486 e. The van der Waals surface area contributed by atoms with Crippen LogP contribution < -0.4 is 4.74 Å². The zero-order chi connectivity index (χ0) is 16.2. The molecule has 0 amide bonds. The fraction of sp³-hybridized carbons (Fsp3) is 0.471. The Morgan fingerprint density at radius 1 is 1.39 bits per heavy atom. The van der Waals surface area contributed by atoms with Crippen LogP contribution in [0.15, 0.2) is 29.6 Å². The number of aromatic nitrogens is 1. The van der Waals surface area contributed by atoms with Gasteiger partial charge in [0.05, 0.1) is 11.8 Å². The van der Waals surface area contributed by atoms with Crippen LogP contribution in [-0.2, 0) is 13.2 Å². The maximum Gasteiger partial charge on any atom is 0.140 e. The lowest BCUT2D eigenvalue weighted by molar-refractivity contribution is 0.0255. The minimum Gasteiger partial charge on any atom is -0.486 e. The van der Waals surface area contributed by atoms with Gasteiger partial charge in [-0.2, -0.15) is 0 Å². The molecule has 1 aliphatic heterocycles. The quantitative estimate of drug-likeness (QED) is 0.911. The van der Waals surface area contributed by atoms with Crippen molar-refractivity contribution in [3.05, 3.63) is 46.2 Å². The minimum atomic E-state index is -0.271. The normalized spacial score (nSPS) is 22.2. The number of hydrogen-bond donors (Lipinski definition) is 1. The lowest BCUT2D eigenvalue weighted by Crippen LogP contribution is -2.42. The van der Waals surface area contributed by atoms with Crippen molar-refractivity contribution in [3.63, 3.8) is 0 Å². The summed E-state index contributed by atoms with van der Waals surface area (Å²) in [5.41, 5.74) is 1.01. The summed E-state index contributed by atoms with van der Waals surface area (Å²) in [5, 5.41) is 12.9. The van der Waals surface area contributed by atoms with Crippen LogP contribution in [-0.4, -0.2) is 34.2 Å². The Labute approximate surface area is 139 Å². The summed E-state index contributed by atoms with van der Waals surface area (Å²) in [4.78, 5) is 6.82. The van der Waals surface area contributed by atoms with Crippen molar-refractivity contribution in [1.29, 1.82) is 0 Å². The van der Waals surface area contributed by atoms with Crippen molar-refractivity contribution < 1.29 is 14.2 Å². The van der Waals surface area contributed by atoms with Gasteiger partial charge in [-0.25, -0.2) is 9.37 Å². The molecule has 124 valence electrons. The Morgan fingerprint density at radius 3 is 2.91 bits per heavy atom. The summed E-state index contributed by atoms with van der Waals surface area (Å²) in [6, 6.07) is 5.98. The summed E-state index contributed by atoms with van der Waals surface area (Å²) in [6.45, 7) is 4.94. The van der Waals surface area contributed by atoms with Crippen LogP contribution in [0.1, 0.15) is 24.0 Å². The first-order valence-corrected chi connectivity index (χ1v) is 8.70. The van der Waals surface area contributed by atoms with Gasteiger partial charge in [-0.15, -0.1) is 11.3 Å². The summed E-state index contributed by atoms with van der Waals surface area (Å²) >= 11 is 1.56. The molecular formula is C17H21FN2O2S. The average Bonchev–Trinajstić information content (AvgIpc) is 2.98. The van der Waals surface area contributed by atoms with E-state index in [4.69, 9.17) is 4.74 Å². The highest BCUT2D eigenvalue weighted by Crippen LogP contribution is 2.20. The second-order valence-corrected chi connectivity index (χ2v) is 6.99. The molecule has 1 aliphatic rings. The van der Waals surface area contributed by atoms with Gasteiger partial charge in [0.15, 0.2) is 0 Å². The average molecular weight is 336 g/mol. The fourth-order valence-corrected chi connectivity index (χ4v) is 3.35. The maximum atomic E-state index is 12.8. The fourth-order valence-electron chi connectivity index (χ4n) is 2.65. The molecule has 1 fully saturated rings. The minimum absolute atomic E-state index is 0.247. The predicted octanol–water partition coefficient (Wildman–Crippen LogP) is 3.06. The number of rotatable bonds is 5. The first-order valence-electron chi connectivity index (χ1n) is 7.82. The lowest BCUT2D eigenvalue weighted by atomic mass is 9.96. The molecular weight excluding hydrogens is 315 g/mol. The van der Waals surface area contributed by atoms with E-state index in [2.05, 4.69) is 16.8 Å². The molecule has 0 spiro atoms. The molecule has 0 radical (unpaired) electrons. The van der Waals surface area contributed by atoms with Gasteiger partial charge in [-0.3, -0.25) is 4.90 Å². The number of hydrogen-bond acceptors (Lipinski definition) is 5. The van der Waals surface area contributed by atoms with E-state index in [1.165, 1.54) is 12.1 Å². The topological polar surface area (TPSA) is 45.6 Å². The highest BCUT2D eigenvalue weighted by molar-refractivity contribution is 7.09. The number of likely N-dealkylation sites (tertiary alicyclic amines) is 1. The Morgan fingerprint density at radius 2 is 2.17 bits per heavy atom. The molecule has 1 aromatic carbocycles. The summed E-state index contributed by atoms with van der Waals surface area (Å²) in [7, 11) is 0. The Balaban J connectivity index is 1.51. The van der Waals surface area contributed by atoms with Gasteiger partial charge in [0.25, 0.3) is 0 Å². The highest BCUT2D eigenvalue weighted by Gasteiger charge is 2.24. The molecule has 6 heteroatoms. The maximum absolute atomic E-state index is 12.8. The highest BCUT2D eigenvalue weighted by atomic mass is 32.1. The van der Waals surface area contributed by atoms with E-state index in [1.54, 1.807) is 23.5 Å². The second kappa shape index (κ2) is 7.38. The number of β-amino-alcohol motifs (C(OH)–C–C–N with tert-alkyl or cyclic N) is 1. The molecule has 1 N–H and O–H groups in total. The molecule has 2 unspecified atom stereocenters. The number of piperidine rings is 1. The standard InChI is InChI=1S/C17H21FN2O2S/c1-12-6-7-20(9-16(12)21)8-14-11-23-17(19-14)10-22-15-4-2-13(18)3-5-15/h2-5,11-12,16,21H,6-10H2,1H3. The van der Waals surface area contributed by atoms with E-state index >= 15 is 0 Å². The molecule has 1 aromatic heterocycles. The van der Waals surface area contributed by atoms with E-state index in [0.717, 1.165) is 30.2 Å². The molecule has 0 aliphatic carbocycles. The van der Waals surface area contributed by atoms with Crippen LogP contribution in [0.2, 0.25) is 0 Å². The molecule has 0 saturated carbocycles. The van der Waals surface area contributed by atoms with Gasteiger partial charge >= 0.3 is 0 Å². The van der Waals surface area contributed by atoms with Gasteiger partial charge in [0.1, 0.15) is 23.2 Å². The summed E-state index contributed by atoms with van der Waals surface area (Å²) in [6.07, 6.45) is 0.773.